The van der Waals surface area contributed by atoms with Crippen LogP contribution in [0.5, 0.6) is 0 Å². The van der Waals surface area contributed by atoms with Gasteiger partial charge in [0.2, 0.25) is 9.03 Å². The van der Waals surface area contributed by atoms with Crippen LogP contribution >= 0.6 is 9.03 Å². The molecule has 0 aromatic rings. The summed E-state index contributed by atoms with van der Waals surface area (Å²) in [5.41, 5.74) is 0. The Hall–Kier alpha value is -0.330. The number of rotatable bonds is 0. The molecule has 2 unspecified atom stereocenters. The van der Waals surface area contributed by atoms with E-state index < -0.39 is 0 Å². The quantitative estimate of drug-likeness (QED) is 0.480. The molecule has 0 bridgehead atoms. The second kappa shape index (κ2) is 2.13. The molecule has 48 valence electrons. The minimum atomic E-state index is 0.215. The molecule has 0 aromatic carbocycles. The SMILES string of the molecule is C1=CCC2OPOC2=C1. The molecule has 1 aliphatic carbocycles. The van der Waals surface area contributed by atoms with Crippen molar-refractivity contribution in [3.8, 4) is 0 Å². The Morgan fingerprint density at radius 1 is 1.67 bits per heavy atom. The summed E-state index contributed by atoms with van der Waals surface area (Å²) in [5, 5.41) is 0. The maximum atomic E-state index is 5.24. The van der Waals surface area contributed by atoms with E-state index in [1.807, 2.05) is 12.2 Å². The average molecular weight is 142 g/mol. The highest BCUT2D eigenvalue weighted by Gasteiger charge is 2.23. The van der Waals surface area contributed by atoms with Crippen LogP contribution < -0.4 is 0 Å². The smallest absolute Gasteiger partial charge is 0.215 e. The highest BCUT2D eigenvalue weighted by molar-refractivity contribution is 7.26. The zero-order chi connectivity index (χ0) is 6.10. The summed E-state index contributed by atoms with van der Waals surface area (Å²) in [6.45, 7) is 0. The monoisotopic (exact) mass is 142 g/mol. The summed E-state index contributed by atoms with van der Waals surface area (Å²) in [6.07, 6.45) is 7.26. The van der Waals surface area contributed by atoms with E-state index in [-0.39, 0.29) is 15.1 Å². The topological polar surface area (TPSA) is 18.5 Å². The van der Waals surface area contributed by atoms with Gasteiger partial charge in [-0.2, -0.15) is 0 Å². The van der Waals surface area contributed by atoms with Crippen molar-refractivity contribution in [2.24, 2.45) is 0 Å². The lowest BCUT2D eigenvalue weighted by molar-refractivity contribution is 0.288. The second-order valence-electron chi connectivity index (χ2n) is 2.02. The molecule has 2 rings (SSSR count). The van der Waals surface area contributed by atoms with Gasteiger partial charge < -0.3 is 9.05 Å². The first-order valence-corrected chi connectivity index (χ1v) is 3.73. The van der Waals surface area contributed by atoms with Crippen LogP contribution in [0.4, 0.5) is 0 Å². The Labute approximate surface area is 55.5 Å². The van der Waals surface area contributed by atoms with Gasteiger partial charge >= 0.3 is 0 Å². The fourth-order valence-corrected chi connectivity index (χ4v) is 1.60. The molecule has 1 fully saturated rings. The molecule has 0 N–H and O–H groups in total. The van der Waals surface area contributed by atoms with E-state index in [4.69, 9.17) is 9.05 Å². The molecule has 2 atom stereocenters. The summed E-state index contributed by atoms with van der Waals surface area (Å²) in [7, 11) is 0.215. The van der Waals surface area contributed by atoms with Crippen molar-refractivity contribution in [3.05, 3.63) is 24.0 Å². The molecular formula is C6H7O2P. The molecule has 1 aliphatic heterocycles. The van der Waals surface area contributed by atoms with Gasteiger partial charge in [-0.3, -0.25) is 0 Å². The fraction of sp³-hybridized carbons (Fsp3) is 0.333. The Morgan fingerprint density at radius 3 is 3.56 bits per heavy atom. The van der Waals surface area contributed by atoms with E-state index in [0.717, 1.165) is 12.2 Å². The number of hydrogen-bond donors (Lipinski definition) is 0. The van der Waals surface area contributed by atoms with Gasteiger partial charge in [0.05, 0.1) is 0 Å². The Kier molecular flexibility index (Phi) is 1.29. The van der Waals surface area contributed by atoms with Crippen LogP contribution in [0.15, 0.2) is 24.0 Å². The molecule has 0 amide bonds. The van der Waals surface area contributed by atoms with Gasteiger partial charge in [0, 0.05) is 0 Å². The molecular weight excluding hydrogens is 135 g/mol. The minimum absolute atomic E-state index is 0.215. The van der Waals surface area contributed by atoms with Crippen molar-refractivity contribution in [3.63, 3.8) is 0 Å². The van der Waals surface area contributed by atoms with Gasteiger partial charge in [-0.05, 0) is 12.5 Å². The molecule has 1 heterocycles. The van der Waals surface area contributed by atoms with Crippen LogP contribution in [0.2, 0.25) is 0 Å². The second-order valence-corrected chi connectivity index (χ2v) is 2.63. The molecule has 0 aromatic heterocycles. The van der Waals surface area contributed by atoms with Gasteiger partial charge in [-0.1, -0.05) is 12.2 Å². The molecule has 0 radical (unpaired) electrons. The lowest BCUT2D eigenvalue weighted by Crippen LogP contribution is -2.06. The van der Waals surface area contributed by atoms with Gasteiger partial charge in [-0.25, -0.2) is 0 Å². The minimum Gasteiger partial charge on any atom is -0.451 e. The highest BCUT2D eigenvalue weighted by atomic mass is 31.1. The summed E-state index contributed by atoms with van der Waals surface area (Å²) in [5.74, 6) is 0.996. The highest BCUT2D eigenvalue weighted by Crippen LogP contribution is 2.37. The van der Waals surface area contributed by atoms with E-state index >= 15 is 0 Å². The maximum absolute atomic E-state index is 5.24. The van der Waals surface area contributed by atoms with Crippen molar-refractivity contribution in [1.82, 2.24) is 0 Å². The van der Waals surface area contributed by atoms with Crippen molar-refractivity contribution < 1.29 is 9.05 Å². The first-order valence-electron chi connectivity index (χ1n) is 2.91. The van der Waals surface area contributed by atoms with Crippen LogP contribution in [0.25, 0.3) is 0 Å². The van der Waals surface area contributed by atoms with E-state index in [0.29, 0.717) is 0 Å². The van der Waals surface area contributed by atoms with Crippen LogP contribution in [0.3, 0.4) is 0 Å². The lowest BCUT2D eigenvalue weighted by atomic mass is 10.1. The molecule has 9 heavy (non-hydrogen) atoms. The van der Waals surface area contributed by atoms with Crippen molar-refractivity contribution in [2.45, 2.75) is 12.5 Å². The Balaban J connectivity index is 2.23. The van der Waals surface area contributed by atoms with Crippen LogP contribution in [-0.2, 0) is 9.05 Å². The number of hydrogen-bond acceptors (Lipinski definition) is 2. The number of allylic oxidation sites excluding steroid dienone is 2. The van der Waals surface area contributed by atoms with Gasteiger partial charge in [-0.15, -0.1) is 0 Å². The van der Waals surface area contributed by atoms with E-state index in [9.17, 15) is 0 Å². The zero-order valence-electron chi connectivity index (χ0n) is 4.83. The molecule has 1 saturated heterocycles. The zero-order valence-corrected chi connectivity index (χ0v) is 5.83. The van der Waals surface area contributed by atoms with Gasteiger partial charge in [0.25, 0.3) is 0 Å². The van der Waals surface area contributed by atoms with Crippen LogP contribution in [0.1, 0.15) is 6.42 Å². The average Bonchev–Trinajstić information content (AvgIpc) is 2.33. The maximum Gasteiger partial charge on any atom is 0.215 e. The Morgan fingerprint density at radius 2 is 2.67 bits per heavy atom. The Bertz CT molecular complexity index is 174. The standard InChI is InChI=1S/C6H7O2P/c1-2-4-6-5(3-1)7-9-8-6/h1-3,6,9H,4H2. The van der Waals surface area contributed by atoms with Crippen molar-refractivity contribution in [1.29, 1.82) is 0 Å². The summed E-state index contributed by atoms with van der Waals surface area (Å²) in [4.78, 5) is 0. The summed E-state index contributed by atoms with van der Waals surface area (Å²) < 4.78 is 10.4. The predicted octanol–water partition coefficient (Wildman–Crippen LogP) is 1.75. The molecule has 2 nitrogen and oxygen atoms in total. The molecule has 0 saturated carbocycles. The van der Waals surface area contributed by atoms with Crippen LogP contribution in [0, 0.1) is 0 Å². The third-order valence-corrected chi connectivity index (χ3v) is 2.11. The van der Waals surface area contributed by atoms with Gasteiger partial charge in [0.15, 0.2) is 0 Å². The van der Waals surface area contributed by atoms with E-state index in [2.05, 4.69) is 6.08 Å². The third kappa shape index (κ3) is 0.887. The normalized spacial score (nSPS) is 33.8. The largest absolute Gasteiger partial charge is 0.451 e. The van der Waals surface area contributed by atoms with Gasteiger partial charge in [0.1, 0.15) is 11.9 Å². The fourth-order valence-electron chi connectivity index (χ4n) is 0.925. The van der Waals surface area contributed by atoms with Crippen LogP contribution in [-0.4, -0.2) is 6.10 Å². The lowest BCUT2D eigenvalue weighted by Gasteiger charge is -2.06. The predicted molar refractivity (Wildman–Crippen MR) is 36.1 cm³/mol. The van der Waals surface area contributed by atoms with E-state index in [1.165, 1.54) is 0 Å². The molecule has 0 spiro atoms. The summed E-state index contributed by atoms with van der Waals surface area (Å²) in [6, 6.07) is 0. The number of fused-ring (bicyclic) bond motifs is 1. The third-order valence-electron chi connectivity index (χ3n) is 1.41. The molecule has 3 heteroatoms. The first kappa shape index (κ1) is 5.45. The van der Waals surface area contributed by atoms with E-state index in [1.54, 1.807) is 0 Å². The summed E-state index contributed by atoms with van der Waals surface area (Å²) >= 11 is 0. The first-order chi connectivity index (χ1) is 4.47. The molecule has 2 aliphatic rings. The van der Waals surface area contributed by atoms with Crippen molar-refractivity contribution >= 4 is 9.03 Å². The van der Waals surface area contributed by atoms with Crippen molar-refractivity contribution in [2.75, 3.05) is 0 Å².